The summed E-state index contributed by atoms with van der Waals surface area (Å²) >= 11 is 0. The third-order valence-electron chi connectivity index (χ3n) is 3.11. The van der Waals surface area contributed by atoms with E-state index in [0.717, 1.165) is 17.5 Å². The van der Waals surface area contributed by atoms with Gasteiger partial charge in [-0.25, -0.2) is 4.79 Å². The summed E-state index contributed by atoms with van der Waals surface area (Å²) < 4.78 is 5.36. The second-order valence-corrected chi connectivity index (χ2v) is 5.89. The first-order chi connectivity index (χ1) is 8.87. The Bertz CT molecular complexity index is 465. The Morgan fingerprint density at radius 1 is 1.37 bits per heavy atom. The molecule has 1 aromatic carbocycles. The van der Waals surface area contributed by atoms with Crippen LogP contribution in [0.5, 0.6) is 0 Å². The van der Waals surface area contributed by atoms with Crippen molar-refractivity contribution in [2.45, 2.75) is 38.9 Å². The lowest BCUT2D eigenvalue weighted by atomic mass is 10.0. The highest BCUT2D eigenvalue weighted by atomic mass is 16.6. The molecule has 2 rings (SSSR count). The van der Waals surface area contributed by atoms with E-state index < -0.39 is 11.7 Å². The number of benzene rings is 1. The fraction of sp³-hybridized carbons (Fsp3) is 0.533. The Morgan fingerprint density at radius 3 is 2.74 bits per heavy atom. The summed E-state index contributed by atoms with van der Waals surface area (Å²) in [6, 6.07) is 7.77. The fourth-order valence-electron chi connectivity index (χ4n) is 2.23. The lowest BCUT2D eigenvalue weighted by Crippen LogP contribution is -2.39. The van der Waals surface area contributed by atoms with Crippen LogP contribution < -0.4 is 0 Å². The minimum absolute atomic E-state index is 0.284. The van der Waals surface area contributed by atoms with Crippen LogP contribution in [0, 0.1) is 0 Å². The quantitative estimate of drug-likeness (QED) is 0.782. The average molecular weight is 263 g/mol. The molecule has 0 bridgehead atoms. The largest absolute Gasteiger partial charge is 0.444 e. The number of aliphatic hydroxyl groups is 1. The Morgan fingerprint density at radius 2 is 2.05 bits per heavy atom. The van der Waals surface area contributed by atoms with Crippen LogP contribution in [-0.4, -0.2) is 34.8 Å². The van der Waals surface area contributed by atoms with Gasteiger partial charge in [0.25, 0.3) is 0 Å². The molecule has 0 aromatic heterocycles. The van der Waals surface area contributed by atoms with Crippen LogP contribution in [-0.2, 0) is 11.2 Å². The number of aliphatic hydroxyl groups excluding tert-OH is 1. The lowest BCUT2D eigenvalue weighted by Gasteiger charge is -2.27. The van der Waals surface area contributed by atoms with E-state index in [1.807, 2.05) is 45.0 Å². The van der Waals surface area contributed by atoms with Gasteiger partial charge in [0.2, 0.25) is 0 Å². The molecule has 0 aliphatic carbocycles. The van der Waals surface area contributed by atoms with Crippen molar-refractivity contribution in [3.05, 3.63) is 35.4 Å². The van der Waals surface area contributed by atoms with Gasteiger partial charge in [0.1, 0.15) is 5.60 Å². The van der Waals surface area contributed by atoms with Crippen molar-refractivity contribution in [2.75, 3.05) is 13.1 Å². The highest BCUT2D eigenvalue weighted by Gasteiger charge is 2.27. The van der Waals surface area contributed by atoms with E-state index >= 15 is 0 Å². The molecule has 0 radical (unpaired) electrons. The summed E-state index contributed by atoms with van der Waals surface area (Å²) in [5.74, 6) is 0. The molecule has 4 nitrogen and oxygen atoms in total. The summed E-state index contributed by atoms with van der Waals surface area (Å²) in [6.07, 6.45) is -0.266. The summed E-state index contributed by atoms with van der Waals surface area (Å²) in [4.78, 5) is 13.6. The number of carbonyl (C=O) groups excluding carboxylic acids is 1. The second-order valence-electron chi connectivity index (χ2n) is 5.89. The summed E-state index contributed by atoms with van der Waals surface area (Å²) in [5, 5.41) is 10.2. The first-order valence-corrected chi connectivity index (χ1v) is 6.60. The molecule has 1 aromatic rings. The Labute approximate surface area is 114 Å². The van der Waals surface area contributed by atoms with Crippen molar-refractivity contribution in [1.82, 2.24) is 4.90 Å². The van der Waals surface area contributed by atoms with E-state index in [-0.39, 0.29) is 12.6 Å². The molecular formula is C15H21NO3. The van der Waals surface area contributed by atoms with Gasteiger partial charge in [0, 0.05) is 6.54 Å². The Hall–Kier alpha value is -1.55. The molecule has 1 aliphatic heterocycles. The van der Waals surface area contributed by atoms with Gasteiger partial charge in [-0.05, 0) is 38.3 Å². The molecule has 0 saturated heterocycles. The summed E-state index contributed by atoms with van der Waals surface area (Å²) in [5.41, 5.74) is 1.50. The maximum Gasteiger partial charge on any atom is 0.410 e. The number of ether oxygens (including phenoxy) is 1. The predicted octanol–water partition coefficient (Wildman–Crippen LogP) is 2.51. The molecule has 1 N–H and O–H groups in total. The number of hydrogen-bond acceptors (Lipinski definition) is 3. The third-order valence-corrected chi connectivity index (χ3v) is 3.11. The maximum absolute atomic E-state index is 12.1. The molecule has 1 heterocycles. The fourth-order valence-corrected chi connectivity index (χ4v) is 2.23. The van der Waals surface area contributed by atoms with Crippen LogP contribution in [0.15, 0.2) is 24.3 Å². The number of β-amino-alcohol motifs (C(OH)–C–C–N with tert-alkyl or cyclic N) is 1. The Kier molecular flexibility index (Phi) is 3.80. The second kappa shape index (κ2) is 5.21. The Balaban J connectivity index is 2.11. The zero-order valence-corrected chi connectivity index (χ0v) is 11.7. The van der Waals surface area contributed by atoms with Crippen molar-refractivity contribution in [3.63, 3.8) is 0 Å². The van der Waals surface area contributed by atoms with Gasteiger partial charge < -0.3 is 14.7 Å². The maximum atomic E-state index is 12.1. The summed E-state index contributed by atoms with van der Waals surface area (Å²) in [7, 11) is 0. The molecule has 104 valence electrons. The molecule has 4 heteroatoms. The number of carbonyl (C=O) groups is 1. The van der Waals surface area contributed by atoms with E-state index in [0.29, 0.717) is 6.54 Å². The van der Waals surface area contributed by atoms with E-state index in [9.17, 15) is 9.90 Å². The van der Waals surface area contributed by atoms with Gasteiger partial charge in [0.05, 0.1) is 12.6 Å². The van der Waals surface area contributed by atoms with E-state index in [2.05, 4.69) is 0 Å². The van der Waals surface area contributed by atoms with Gasteiger partial charge in [-0.1, -0.05) is 24.3 Å². The minimum Gasteiger partial charge on any atom is -0.444 e. The standard InChI is InChI=1S/C15H21NO3/c1-15(2,3)19-14(18)16-9-8-11-6-4-5-7-12(11)13(17)10-16/h4-7,13,17H,8-10H2,1-3H3. The topological polar surface area (TPSA) is 49.8 Å². The molecule has 1 amide bonds. The number of nitrogens with zero attached hydrogens (tertiary/aromatic N) is 1. The van der Waals surface area contributed by atoms with Crippen molar-refractivity contribution in [3.8, 4) is 0 Å². The van der Waals surface area contributed by atoms with Gasteiger partial charge in [-0.2, -0.15) is 0 Å². The van der Waals surface area contributed by atoms with Gasteiger partial charge in [-0.3, -0.25) is 0 Å². The third kappa shape index (κ3) is 3.47. The lowest BCUT2D eigenvalue weighted by molar-refractivity contribution is 0.0162. The first-order valence-electron chi connectivity index (χ1n) is 6.60. The molecule has 1 aliphatic rings. The van der Waals surface area contributed by atoms with Crippen molar-refractivity contribution < 1.29 is 14.6 Å². The number of fused-ring (bicyclic) bond motifs is 1. The van der Waals surface area contributed by atoms with Crippen molar-refractivity contribution in [1.29, 1.82) is 0 Å². The van der Waals surface area contributed by atoms with Crippen LogP contribution >= 0.6 is 0 Å². The number of hydrogen-bond donors (Lipinski definition) is 1. The first kappa shape index (κ1) is 13.9. The average Bonchev–Trinajstić information content (AvgIpc) is 2.48. The van der Waals surface area contributed by atoms with Crippen LogP contribution in [0.4, 0.5) is 4.79 Å². The van der Waals surface area contributed by atoms with Crippen molar-refractivity contribution in [2.24, 2.45) is 0 Å². The van der Waals surface area contributed by atoms with E-state index in [4.69, 9.17) is 4.74 Å². The zero-order chi connectivity index (χ0) is 14.0. The van der Waals surface area contributed by atoms with Crippen molar-refractivity contribution >= 4 is 6.09 Å². The van der Waals surface area contributed by atoms with E-state index in [1.165, 1.54) is 0 Å². The highest BCUT2D eigenvalue weighted by Crippen LogP contribution is 2.24. The number of rotatable bonds is 0. The molecule has 1 atom stereocenters. The molecule has 19 heavy (non-hydrogen) atoms. The SMILES string of the molecule is CC(C)(C)OC(=O)N1CCc2ccccc2C(O)C1. The highest BCUT2D eigenvalue weighted by molar-refractivity contribution is 5.68. The monoisotopic (exact) mass is 263 g/mol. The normalized spacial score (nSPS) is 19.6. The van der Waals surface area contributed by atoms with Gasteiger partial charge in [0.15, 0.2) is 0 Å². The summed E-state index contributed by atoms with van der Waals surface area (Å²) in [6.45, 7) is 6.38. The number of amides is 1. The molecule has 0 spiro atoms. The minimum atomic E-state index is -0.647. The molecule has 1 unspecified atom stereocenters. The van der Waals surface area contributed by atoms with Gasteiger partial charge in [-0.15, -0.1) is 0 Å². The van der Waals surface area contributed by atoms with Gasteiger partial charge >= 0.3 is 6.09 Å². The van der Waals surface area contributed by atoms with Crippen LogP contribution in [0.2, 0.25) is 0 Å². The van der Waals surface area contributed by atoms with E-state index in [1.54, 1.807) is 4.90 Å². The zero-order valence-electron chi connectivity index (χ0n) is 11.7. The molecule has 0 saturated carbocycles. The smallest absolute Gasteiger partial charge is 0.410 e. The van der Waals surface area contributed by atoms with Crippen LogP contribution in [0.25, 0.3) is 0 Å². The molecular weight excluding hydrogens is 242 g/mol. The van der Waals surface area contributed by atoms with Crippen LogP contribution in [0.1, 0.15) is 38.0 Å². The predicted molar refractivity (Wildman–Crippen MR) is 72.9 cm³/mol. The van der Waals surface area contributed by atoms with Crippen LogP contribution in [0.3, 0.4) is 0 Å². The molecule has 0 fully saturated rings.